The molecule has 4 heteroatoms. The van der Waals surface area contributed by atoms with Crippen molar-refractivity contribution in [1.29, 1.82) is 0 Å². The predicted octanol–water partition coefficient (Wildman–Crippen LogP) is 0.883. The van der Waals surface area contributed by atoms with Gasteiger partial charge in [-0.05, 0) is 25.2 Å². The van der Waals surface area contributed by atoms with Crippen molar-refractivity contribution in [1.82, 2.24) is 5.32 Å². The average molecular weight is 230 g/mol. The van der Waals surface area contributed by atoms with E-state index in [1.165, 1.54) is 0 Å². The Labute approximate surface area is 98.6 Å². The standard InChI is InChI=1S/C12H26N2O2/c1-8(2)6-12(5,16)7-14-11(15)10(13)9(3)4/h8-10,16H,6-7,13H2,1-5H3,(H,14,15)/t10-,12?/m0/s1. The molecule has 0 fully saturated rings. The second kappa shape index (κ2) is 6.21. The van der Waals surface area contributed by atoms with E-state index in [1.807, 2.05) is 27.7 Å². The highest BCUT2D eigenvalue weighted by Gasteiger charge is 2.24. The van der Waals surface area contributed by atoms with Crippen LogP contribution in [0, 0.1) is 11.8 Å². The second-order valence-electron chi connectivity index (χ2n) is 5.58. The molecule has 0 aliphatic heterocycles. The van der Waals surface area contributed by atoms with Gasteiger partial charge in [0.1, 0.15) is 0 Å². The van der Waals surface area contributed by atoms with E-state index in [-0.39, 0.29) is 18.4 Å². The first-order chi connectivity index (χ1) is 7.15. The number of amides is 1. The summed E-state index contributed by atoms with van der Waals surface area (Å²) < 4.78 is 0. The van der Waals surface area contributed by atoms with Crippen molar-refractivity contribution in [3.63, 3.8) is 0 Å². The minimum atomic E-state index is -0.861. The van der Waals surface area contributed by atoms with Gasteiger partial charge in [-0.1, -0.05) is 27.7 Å². The predicted molar refractivity (Wildman–Crippen MR) is 65.9 cm³/mol. The van der Waals surface area contributed by atoms with Crippen molar-refractivity contribution in [3.8, 4) is 0 Å². The Morgan fingerprint density at radius 3 is 2.25 bits per heavy atom. The van der Waals surface area contributed by atoms with Gasteiger partial charge < -0.3 is 16.2 Å². The molecule has 0 aliphatic rings. The lowest BCUT2D eigenvalue weighted by atomic mass is 9.94. The molecule has 0 bridgehead atoms. The van der Waals surface area contributed by atoms with E-state index >= 15 is 0 Å². The number of nitrogens with two attached hydrogens (primary N) is 1. The molecule has 0 spiro atoms. The lowest BCUT2D eigenvalue weighted by Crippen LogP contribution is -2.49. The van der Waals surface area contributed by atoms with E-state index in [0.717, 1.165) is 0 Å². The van der Waals surface area contributed by atoms with Gasteiger partial charge in [0.15, 0.2) is 0 Å². The Bertz CT molecular complexity index is 225. The zero-order valence-corrected chi connectivity index (χ0v) is 11.1. The number of carbonyl (C=O) groups excluding carboxylic acids is 1. The normalized spacial score (nSPS) is 17.3. The Balaban J connectivity index is 4.09. The van der Waals surface area contributed by atoms with E-state index in [1.54, 1.807) is 6.92 Å². The molecule has 0 saturated carbocycles. The van der Waals surface area contributed by atoms with Gasteiger partial charge in [-0.3, -0.25) is 4.79 Å². The molecule has 0 heterocycles. The molecule has 0 aromatic heterocycles. The summed E-state index contributed by atoms with van der Waals surface area (Å²) in [5.74, 6) is 0.305. The van der Waals surface area contributed by atoms with Gasteiger partial charge in [0.2, 0.25) is 5.91 Å². The van der Waals surface area contributed by atoms with Gasteiger partial charge in [0.25, 0.3) is 0 Å². The Hall–Kier alpha value is -0.610. The molecule has 0 aromatic rings. The number of nitrogens with one attached hydrogen (secondary N) is 1. The molecule has 16 heavy (non-hydrogen) atoms. The van der Waals surface area contributed by atoms with Crippen LogP contribution < -0.4 is 11.1 Å². The smallest absolute Gasteiger partial charge is 0.237 e. The summed E-state index contributed by atoms with van der Waals surface area (Å²) in [5, 5.41) is 12.7. The molecule has 0 saturated heterocycles. The molecule has 4 N–H and O–H groups in total. The number of hydrogen-bond acceptors (Lipinski definition) is 3. The third kappa shape index (κ3) is 6.08. The maximum absolute atomic E-state index is 11.6. The van der Waals surface area contributed by atoms with E-state index in [2.05, 4.69) is 5.32 Å². The zero-order chi connectivity index (χ0) is 12.9. The van der Waals surface area contributed by atoms with Crippen molar-refractivity contribution >= 4 is 5.91 Å². The van der Waals surface area contributed by atoms with Crippen LogP contribution in [-0.2, 0) is 4.79 Å². The van der Waals surface area contributed by atoms with Crippen LogP contribution in [0.25, 0.3) is 0 Å². The first-order valence-corrected chi connectivity index (χ1v) is 5.91. The fourth-order valence-corrected chi connectivity index (χ4v) is 1.65. The van der Waals surface area contributed by atoms with Gasteiger partial charge in [0, 0.05) is 6.54 Å². The molecule has 1 amide bonds. The summed E-state index contributed by atoms with van der Waals surface area (Å²) in [5.41, 5.74) is 4.84. The van der Waals surface area contributed by atoms with Crippen LogP contribution >= 0.6 is 0 Å². The lowest BCUT2D eigenvalue weighted by molar-refractivity contribution is -0.124. The van der Waals surface area contributed by atoms with Crippen LogP contribution in [0.1, 0.15) is 41.0 Å². The molecular weight excluding hydrogens is 204 g/mol. The second-order valence-corrected chi connectivity index (χ2v) is 5.58. The van der Waals surface area contributed by atoms with Gasteiger partial charge in [-0.25, -0.2) is 0 Å². The van der Waals surface area contributed by atoms with Crippen molar-refractivity contribution in [2.24, 2.45) is 17.6 Å². The van der Waals surface area contributed by atoms with Crippen LogP contribution in [-0.4, -0.2) is 29.2 Å². The number of carbonyl (C=O) groups is 1. The summed E-state index contributed by atoms with van der Waals surface area (Å²) >= 11 is 0. The highest BCUT2D eigenvalue weighted by molar-refractivity contribution is 5.81. The summed E-state index contributed by atoms with van der Waals surface area (Å²) in [4.78, 5) is 11.6. The summed E-state index contributed by atoms with van der Waals surface area (Å²) in [7, 11) is 0. The van der Waals surface area contributed by atoms with Gasteiger partial charge in [-0.15, -0.1) is 0 Å². The first-order valence-electron chi connectivity index (χ1n) is 5.91. The van der Waals surface area contributed by atoms with Crippen molar-refractivity contribution in [2.75, 3.05) is 6.54 Å². The minimum absolute atomic E-state index is 0.107. The monoisotopic (exact) mass is 230 g/mol. The molecule has 0 aliphatic carbocycles. The number of hydrogen-bond donors (Lipinski definition) is 3. The van der Waals surface area contributed by atoms with Crippen LogP contribution in [0.15, 0.2) is 0 Å². The maximum Gasteiger partial charge on any atom is 0.237 e. The largest absolute Gasteiger partial charge is 0.388 e. The van der Waals surface area contributed by atoms with Crippen molar-refractivity contribution < 1.29 is 9.90 Å². The molecule has 4 nitrogen and oxygen atoms in total. The average Bonchev–Trinajstić information content (AvgIpc) is 2.10. The summed E-state index contributed by atoms with van der Waals surface area (Å²) in [6.07, 6.45) is 0.657. The molecule has 0 radical (unpaired) electrons. The van der Waals surface area contributed by atoms with Crippen LogP contribution in [0.4, 0.5) is 0 Å². The van der Waals surface area contributed by atoms with E-state index in [4.69, 9.17) is 5.73 Å². The third-order valence-corrected chi connectivity index (χ3v) is 2.51. The molecule has 2 atom stereocenters. The fraction of sp³-hybridized carbons (Fsp3) is 0.917. The van der Waals surface area contributed by atoms with Gasteiger partial charge in [0.05, 0.1) is 11.6 Å². The van der Waals surface area contributed by atoms with Crippen LogP contribution in [0.2, 0.25) is 0 Å². The van der Waals surface area contributed by atoms with Crippen LogP contribution in [0.3, 0.4) is 0 Å². The summed E-state index contributed by atoms with van der Waals surface area (Å²) in [6, 6.07) is -0.505. The maximum atomic E-state index is 11.6. The van der Waals surface area contributed by atoms with E-state index in [9.17, 15) is 9.90 Å². The molecule has 0 rings (SSSR count). The SMILES string of the molecule is CC(C)CC(C)(O)CNC(=O)[C@@H](N)C(C)C. The van der Waals surface area contributed by atoms with Crippen LogP contribution in [0.5, 0.6) is 0 Å². The van der Waals surface area contributed by atoms with E-state index < -0.39 is 11.6 Å². The molecule has 0 aromatic carbocycles. The topological polar surface area (TPSA) is 75.3 Å². The first kappa shape index (κ1) is 15.4. The third-order valence-electron chi connectivity index (χ3n) is 2.51. The van der Waals surface area contributed by atoms with Crippen molar-refractivity contribution in [3.05, 3.63) is 0 Å². The van der Waals surface area contributed by atoms with Gasteiger partial charge in [-0.2, -0.15) is 0 Å². The highest BCUT2D eigenvalue weighted by atomic mass is 16.3. The molecular formula is C12H26N2O2. The summed E-state index contributed by atoms with van der Waals surface area (Å²) in [6.45, 7) is 9.86. The Morgan fingerprint density at radius 2 is 1.88 bits per heavy atom. The molecule has 1 unspecified atom stereocenters. The van der Waals surface area contributed by atoms with Gasteiger partial charge >= 0.3 is 0 Å². The number of rotatable bonds is 6. The highest BCUT2D eigenvalue weighted by Crippen LogP contribution is 2.15. The number of aliphatic hydroxyl groups is 1. The van der Waals surface area contributed by atoms with Crippen molar-refractivity contribution in [2.45, 2.75) is 52.7 Å². The quantitative estimate of drug-likeness (QED) is 0.634. The molecule has 96 valence electrons. The Morgan fingerprint density at radius 1 is 1.38 bits per heavy atom. The minimum Gasteiger partial charge on any atom is -0.388 e. The lowest BCUT2D eigenvalue weighted by Gasteiger charge is -2.26. The Kier molecular flexibility index (Phi) is 5.97. The zero-order valence-electron chi connectivity index (χ0n) is 11.1. The fourth-order valence-electron chi connectivity index (χ4n) is 1.65. The van der Waals surface area contributed by atoms with E-state index in [0.29, 0.717) is 12.3 Å².